The van der Waals surface area contributed by atoms with E-state index in [4.69, 9.17) is 6.92 Å². The van der Waals surface area contributed by atoms with Crippen LogP contribution in [-0.4, -0.2) is 17.9 Å². The monoisotopic (exact) mass is 232 g/mol. The Hall–Kier alpha value is -1.84. The third-order valence-electron chi connectivity index (χ3n) is 2.25. The van der Waals surface area contributed by atoms with Gasteiger partial charge in [-0.1, -0.05) is 31.5 Å². The van der Waals surface area contributed by atoms with Crippen LogP contribution in [0.25, 0.3) is 0 Å². The fraction of sp³-hybridized carbons (Fsp3) is 0.308. The van der Waals surface area contributed by atoms with Crippen LogP contribution in [0.15, 0.2) is 30.3 Å². The van der Waals surface area contributed by atoms with E-state index in [1.165, 1.54) is 0 Å². The zero-order valence-electron chi connectivity index (χ0n) is 9.77. The summed E-state index contributed by atoms with van der Waals surface area (Å²) < 4.78 is 0. The molecule has 1 atom stereocenters. The minimum atomic E-state index is -0.688. The highest BCUT2D eigenvalue weighted by molar-refractivity contribution is 5.97. The number of hydrogen-bond donors (Lipinski definition) is 2. The smallest absolute Gasteiger partial charge is 0.246 e. The topological polar surface area (TPSA) is 58.2 Å². The molecule has 1 rings (SSSR count). The highest BCUT2D eigenvalue weighted by atomic mass is 16.2. The van der Waals surface area contributed by atoms with Gasteiger partial charge in [-0.2, -0.15) is 0 Å². The summed E-state index contributed by atoms with van der Waals surface area (Å²) in [5.41, 5.74) is 0.699. The Labute approximate surface area is 101 Å². The second-order valence-corrected chi connectivity index (χ2v) is 3.71. The number of para-hydroxylation sites is 1. The summed E-state index contributed by atoms with van der Waals surface area (Å²) in [6.45, 7) is 6.96. The van der Waals surface area contributed by atoms with E-state index in [1.54, 1.807) is 12.1 Å². The Balaban J connectivity index is 2.62. The second-order valence-electron chi connectivity index (χ2n) is 3.71. The molecule has 0 aliphatic heterocycles. The maximum atomic E-state index is 11.9. The largest absolute Gasteiger partial charge is 0.344 e. The molecule has 4 heteroatoms. The lowest BCUT2D eigenvalue weighted by atomic mass is 10.1. The first-order valence-corrected chi connectivity index (χ1v) is 5.55. The SMILES string of the molecule is [CH]C(=O)NC(CCC)C(=O)Nc1ccccc1. The van der Waals surface area contributed by atoms with Crippen molar-refractivity contribution in [3.63, 3.8) is 0 Å². The zero-order chi connectivity index (χ0) is 12.7. The highest BCUT2D eigenvalue weighted by Gasteiger charge is 2.18. The fourth-order valence-electron chi connectivity index (χ4n) is 1.48. The summed E-state index contributed by atoms with van der Waals surface area (Å²) in [5.74, 6) is -0.941. The summed E-state index contributed by atoms with van der Waals surface area (Å²) in [4.78, 5) is 22.6. The van der Waals surface area contributed by atoms with E-state index in [0.29, 0.717) is 12.1 Å². The van der Waals surface area contributed by atoms with E-state index < -0.39 is 11.9 Å². The standard InChI is InChI=1S/C13H16N2O2/c1-3-7-12(14-10(2)16)13(17)15-11-8-5-4-6-9-11/h2,4-6,8-9,12H,3,7H2,1H3,(H,14,16)(H,15,17). The van der Waals surface area contributed by atoms with Crippen LogP contribution in [0.2, 0.25) is 0 Å². The first-order chi connectivity index (χ1) is 8.13. The van der Waals surface area contributed by atoms with Gasteiger partial charge in [-0.3, -0.25) is 9.59 Å². The third-order valence-corrected chi connectivity index (χ3v) is 2.25. The molecular weight excluding hydrogens is 216 g/mol. The molecule has 0 spiro atoms. The first-order valence-electron chi connectivity index (χ1n) is 5.55. The minimum absolute atomic E-state index is 0.253. The molecule has 90 valence electrons. The molecule has 0 aromatic heterocycles. The second kappa shape index (κ2) is 6.68. The molecule has 4 nitrogen and oxygen atoms in total. The van der Waals surface area contributed by atoms with E-state index in [0.717, 1.165) is 6.42 Å². The van der Waals surface area contributed by atoms with Gasteiger partial charge in [0.2, 0.25) is 11.8 Å². The number of anilines is 1. The molecule has 0 fully saturated rings. The van der Waals surface area contributed by atoms with Crippen molar-refractivity contribution < 1.29 is 9.59 Å². The molecule has 1 unspecified atom stereocenters. The Morgan fingerprint density at radius 2 is 1.94 bits per heavy atom. The Morgan fingerprint density at radius 3 is 2.47 bits per heavy atom. The molecular formula is C13H16N2O2. The van der Waals surface area contributed by atoms with E-state index in [2.05, 4.69) is 10.6 Å². The molecule has 2 N–H and O–H groups in total. The Bertz CT molecular complexity index is 376. The maximum absolute atomic E-state index is 11.9. The van der Waals surface area contributed by atoms with Gasteiger partial charge in [-0.15, -0.1) is 0 Å². The molecule has 0 bridgehead atoms. The van der Waals surface area contributed by atoms with Gasteiger partial charge in [-0.05, 0) is 18.6 Å². The van der Waals surface area contributed by atoms with Gasteiger partial charge in [0.25, 0.3) is 0 Å². The summed E-state index contributed by atoms with van der Waals surface area (Å²) in [6, 6.07) is 8.49. The molecule has 0 saturated carbocycles. The molecule has 0 aliphatic carbocycles. The van der Waals surface area contributed by atoms with E-state index >= 15 is 0 Å². The van der Waals surface area contributed by atoms with Crippen molar-refractivity contribution in [2.45, 2.75) is 25.8 Å². The van der Waals surface area contributed by atoms with Crippen LogP contribution in [0.5, 0.6) is 0 Å². The van der Waals surface area contributed by atoms with Crippen LogP contribution in [0.1, 0.15) is 19.8 Å². The van der Waals surface area contributed by atoms with Crippen LogP contribution in [0.4, 0.5) is 5.69 Å². The fourth-order valence-corrected chi connectivity index (χ4v) is 1.48. The number of hydrogen-bond acceptors (Lipinski definition) is 2. The van der Waals surface area contributed by atoms with Crippen molar-refractivity contribution in [1.29, 1.82) is 0 Å². The lowest BCUT2D eigenvalue weighted by Crippen LogP contribution is -2.42. The molecule has 0 aliphatic rings. The molecule has 17 heavy (non-hydrogen) atoms. The number of carbonyl (C=O) groups excluding carboxylic acids is 2. The molecule has 0 heterocycles. The van der Waals surface area contributed by atoms with Gasteiger partial charge in [0.05, 0.1) is 6.92 Å². The molecule has 0 saturated heterocycles. The summed E-state index contributed by atoms with van der Waals surface area (Å²) >= 11 is 0. The average Bonchev–Trinajstić information content (AvgIpc) is 2.29. The summed E-state index contributed by atoms with van der Waals surface area (Å²) in [5, 5.41) is 5.15. The number of benzene rings is 1. The van der Waals surface area contributed by atoms with Crippen LogP contribution in [-0.2, 0) is 9.59 Å². The van der Waals surface area contributed by atoms with Gasteiger partial charge in [-0.25, -0.2) is 0 Å². The molecule has 1 aromatic rings. The lowest BCUT2D eigenvalue weighted by molar-refractivity contribution is -0.124. The van der Waals surface area contributed by atoms with Crippen molar-refractivity contribution in [3.8, 4) is 0 Å². The highest BCUT2D eigenvalue weighted by Crippen LogP contribution is 2.07. The molecule has 2 amide bonds. The van der Waals surface area contributed by atoms with Gasteiger partial charge >= 0.3 is 0 Å². The van der Waals surface area contributed by atoms with Gasteiger partial charge in [0.15, 0.2) is 0 Å². The number of carbonyl (C=O) groups is 2. The van der Waals surface area contributed by atoms with Crippen LogP contribution in [0.3, 0.4) is 0 Å². The van der Waals surface area contributed by atoms with E-state index in [1.807, 2.05) is 25.1 Å². The van der Waals surface area contributed by atoms with Crippen LogP contribution in [0, 0.1) is 6.92 Å². The average molecular weight is 232 g/mol. The third kappa shape index (κ3) is 4.68. The molecule has 2 radical (unpaired) electrons. The van der Waals surface area contributed by atoms with E-state index in [-0.39, 0.29) is 5.91 Å². The normalized spacial score (nSPS) is 11.6. The van der Waals surface area contributed by atoms with Crippen molar-refractivity contribution in [1.82, 2.24) is 5.32 Å². The van der Waals surface area contributed by atoms with Crippen LogP contribution < -0.4 is 10.6 Å². The van der Waals surface area contributed by atoms with Gasteiger partial charge in [0.1, 0.15) is 6.04 Å². The Kier molecular flexibility index (Phi) is 5.20. The first kappa shape index (κ1) is 13.2. The predicted molar refractivity (Wildman–Crippen MR) is 66.2 cm³/mol. The van der Waals surface area contributed by atoms with Crippen LogP contribution >= 0.6 is 0 Å². The number of nitrogens with one attached hydrogen (secondary N) is 2. The van der Waals surface area contributed by atoms with Gasteiger partial charge in [0, 0.05) is 5.69 Å². The van der Waals surface area contributed by atoms with Crippen molar-refractivity contribution >= 4 is 17.5 Å². The lowest BCUT2D eigenvalue weighted by Gasteiger charge is -2.16. The summed E-state index contributed by atoms with van der Waals surface area (Å²) in [7, 11) is 0. The Morgan fingerprint density at radius 1 is 1.29 bits per heavy atom. The maximum Gasteiger partial charge on any atom is 0.246 e. The summed E-state index contributed by atoms with van der Waals surface area (Å²) in [6.07, 6.45) is 1.34. The number of rotatable bonds is 5. The zero-order valence-corrected chi connectivity index (χ0v) is 9.77. The van der Waals surface area contributed by atoms with Crippen molar-refractivity contribution in [2.24, 2.45) is 0 Å². The predicted octanol–water partition coefficient (Wildman–Crippen LogP) is 1.62. The molecule has 1 aromatic carbocycles. The number of amides is 2. The minimum Gasteiger partial charge on any atom is -0.344 e. The van der Waals surface area contributed by atoms with Gasteiger partial charge < -0.3 is 10.6 Å². The van der Waals surface area contributed by atoms with Crippen molar-refractivity contribution in [3.05, 3.63) is 37.3 Å². The van der Waals surface area contributed by atoms with E-state index in [9.17, 15) is 9.59 Å². The van der Waals surface area contributed by atoms with Crippen molar-refractivity contribution in [2.75, 3.05) is 5.32 Å². The quantitative estimate of drug-likeness (QED) is 0.810.